The van der Waals surface area contributed by atoms with Crippen molar-refractivity contribution in [3.63, 3.8) is 0 Å². The molecule has 1 aromatic heterocycles. The topological polar surface area (TPSA) is 64.1 Å². The van der Waals surface area contributed by atoms with Crippen molar-refractivity contribution in [3.05, 3.63) is 11.4 Å². The van der Waals surface area contributed by atoms with E-state index in [1.54, 1.807) is 11.8 Å². The summed E-state index contributed by atoms with van der Waals surface area (Å²) in [6, 6.07) is 0. The van der Waals surface area contributed by atoms with Gasteiger partial charge >= 0.3 is 5.97 Å². The van der Waals surface area contributed by atoms with Crippen LogP contribution in [0, 0.1) is 6.92 Å². The van der Waals surface area contributed by atoms with Crippen LogP contribution in [-0.4, -0.2) is 35.3 Å². The Labute approximate surface area is 130 Å². The van der Waals surface area contributed by atoms with Crippen molar-refractivity contribution in [1.29, 1.82) is 0 Å². The first-order valence-electron chi connectivity index (χ1n) is 7.47. The fraction of sp³-hybridized carbons (Fsp3) is 0.667. The number of methoxy groups -OCH3 is 1. The molecule has 1 aliphatic carbocycles. The zero-order chi connectivity index (χ0) is 15.2. The fourth-order valence-corrected chi connectivity index (χ4v) is 2.86. The molecule has 0 bridgehead atoms. The van der Waals surface area contributed by atoms with Crippen molar-refractivity contribution in [1.82, 2.24) is 9.97 Å². The molecule has 1 fully saturated rings. The van der Waals surface area contributed by atoms with E-state index in [-0.39, 0.29) is 5.97 Å². The number of ether oxygens (including phenoxy) is 1. The first-order chi connectivity index (χ1) is 10.2. The van der Waals surface area contributed by atoms with Crippen LogP contribution in [0.2, 0.25) is 0 Å². The summed E-state index contributed by atoms with van der Waals surface area (Å²) in [5.74, 6) is 2.91. The molecule has 2 rings (SSSR count). The van der Waals surface area contributed by atoms with Gasteiger partial charge in [-0.25, -0.2) is 9.97 Å². The lowest BCUT2D eigenvalue weighted by Crippen LogP contribution is -2.09. The normalized spacial score (nSPS) is 14.0. The molecule has 0 atom stereocenters. The highest BCUT2D eigenvalue weighted by Crippen LogP contribution is 2.40. The molecule has 0 radical (unpaired) electrons. The predicted molar refractivity (Wildman–Crippen MR) is 84.9 cm³/mol. The Morgan fingerprint density at radius 3 is 2.81 bits per heavy atom. The molecule has 1 N–H and O–H groups in total. The van der Waals surface area contributed by atoms with E-state index >= 15 is 0 Å². The van der Waals surface area contributed by atoms with Gasteiger partial charge in [0.05, 0.1) is 13.5 Å². The quantitative estimate of drug-likeness (QED) is 0.452. The van der Waals surface area contributed by atoms with Gasteiger partial charge < -0.3 is 10.1 Å². The van der Waals surface area contributed by atoms with Crippen molar-refractivity contribution in [2.75, 3.05) is 24.7 Å². The number of carbonyl (C=O) groups excluding carboxylic acids is 1. The fourth-order valence-electron chi connectivity index (χ4n) is 1.93. The molecule has 1 aliphatic rings. The number of rotatable bonds is 8. The number of aromatic nitrogens is 2. The van der Waals surface area contributed by atoms with Crippen LogP contribution in [0.1, 0.15) is 49.9 Å². The maximum absolute atomic E-state index is 11.2. The molecule has 0 unspecified atom stereocenters. The summed E-state index contributed by atoms with van der Waals surface area (Å²) in [6.07, 6.45) is 3.83. The molecule has 1 aromatic rings. The second kappa shape index (κ2) is 7.64. The molecule has 0 aromatic carbocycles. The summed E-state index contributed by atoms with van der Waals surface area (Å²) in [4.78, 5) is 20.5. The van der Waals surface area contributed by atoms with E-state index in [1.807, 2.05) is 6.92 Å². The molecule has 0 spiro atoms. The van der Waals surface area contributed by atoms with Gasteiger partial charge in [-0.3, -0.25) is 4.79 Å². The third kappa shape index (κ3) is 4.59. The minimum absolute atomic E-state index is 0.180. The van der Waals surface area contributed by atoms with Gasteiger partial charge in [-0.15, -0.1) is 11.8 Å². The van der Waals surface area contributed by atoms with Gasteiger partial charge in [-0.2, -0.15) is 0 Å². The van der Waals surface area contributed by atoms with Crippen molar-refractivity contribution < 1.29 is 9.53 Å². The van der Waals surface area contributed by atoms with Crippen LogP contribution in [0.4, 0.5) is 5.82 Å². The maximum Gasteiger partial charge on any atom is 0.306 e. The number of hydrogen-bond donors (Lipinski definition) is 1. The van der Waals surface area contributed by atoms with E-state index < -0.39 is 0 Å². The van der Waals surface area contributed by atoms with Crippen molar-refractivity contribution in [2.45, 2.75) is 50.5 Å². The first kappa shape index (κ1) is 16.1. The van der Waals surface area contributed by atoms with Crippen LogP contribution in [0.3, 0.4) is 0 Å². The molecule has 1 saturated carbocycles. The van der Waals surface area contributed by atoms with E-state index in [0.717, 1.165) is 35.2 Å². The highest BCUT2D eigenvalue weighted by molar-refractivity contribution is 7.99. The summed E-state index contributed by atoms with van der Waals surface area (Å²) in [5.41, 5.74) is 1.07. The number of esters is 1. The third-order valence-corrected chi connectivity index (χ3v) is 4.46. The smallest absolute Gasteiger partial charge is 0.306 e. The number of carbonyl (C=O) groups is 1. The Kier molecular flexibility index (Phi) is 5.85. The average Bonchev–Trinajstić information content (AvgIpc) is 3.32. The lowest BCUT2D eigenvalue weighted by molar-refractivity contribution is -0.140. The van der Waals surface area contributed by atoms with Crippen molar-refractivity contribution in [2.24, 2.45) is 0 Å². The number of thioether (sulfide) groups is 1. The van der Waals surface area contributed by atoms with Gasteiger partial charge in [0.15, 0.2) is 0 Å². The zero-order valence-electron chi connectivity index (χ0n) is 12.9. The standard InChI is InChI=1S/C15H23N3O2S/c1-4-8-16-13-10(2)15(21-9-7-12(19)20-3)18-14(17-13)11-5-6-11/h11H,4-9H2,1-3H3,(H,16,17,18). The summed E-state index contributed by atoms with van der Waals surface area (Å²) in [5, 5.41) is 4.36. The summed E-state index contributed by atoms with van der Waals surface area (Å²) in [6.45, 7) is 5.08. The molecule has 1 heterocycles. The Hall–Kier alpha value is -1.30. The number of hydrogen-bond acceptors (Lipinski definition) is 6. The van der Waals surface area contributed by atoms with E-state index in [9.17, 15) is 4.79 Å². The van der Waals surface area contributed by atoms with Crippen molar-refractivity contribution >= 4 is 23.5 Å². The van der Waals surface area contributed by atoms with Crippen LogP contribution in [0.5, 0.6) is 0 Å². The second-order valence-electron chi connectivity index (χ2n) is 5.24. The molecule has 6 heteroatoms. The second-order valence-corrected chi connectivity index (χ2v) is 6.32. The SMILES string of the molecule is CCCNc1nc(C2CC2)nc(SCCC(=O)OC)c1C. The van der Waals surface area contributed by atoms with Crippen LogP contribution in [-0.2, 0) is 9.53 Å². The van der Waals surface area contributed by atoms with Gasteiger partial charge in [-0.05, 0) is 26.2 Å². The highest BCUT2D eigenvalue weighted by Gasteiger charge is 2.28. The summed E-state index contributed by atoms with van der Waals surface area (Å²) in [7, 11) is 1.42. The molecular weight excluding hydrogens is 286 g/mol. The lowest BCUT2D eigenvalue weighted by atomic mass is 10.3. The van der Waals surface area contributed by atoms with Gasteiger partial charge in [-0.1, -0.05) is 6.92 Å². The molecule has 0 saturated heterocycles. The summed E-state index contributed by atoms with van der Waals surface area (Å²) >= 11 is 1.61. The van der Waals surface area contributed by atoms with Gasteiger partial charge in [0.2, 0.25) is 0 Å². The zero-order valence-corrected chi connectivity index (χ0v) is 13.8. The Balaban J connectivity index is 2.09. The number of nitrogens with one attached hydrogen (secondary N) is 1. The molecule has 116 valence electrons. The highest BCUT2D eigenvalue weighted by atomic mass is 32.2. The molecule has 0 amide bonds. The molecule has 21 heavy (non-hydrogen) atoms. The Bertz CT molecular complexity index is 504. The van der Waals surface area contributed by atoms with Gasteiger partial charge in [0, 0.05) is 23.8 Å². The molecule has 0 aliphatic heterocycles. The van der Waals surface area contributed by atoms with Crippen LogP contribution >= 0.6 is 11.8 Å². The Morgan fingerprint density at radius 2 is 2.19 bits per heavy atom. The Morgan fingerprint density at radius 1 is 1.43 bits per heavy atom. The van der Waals surface area contributed by atoms with Gasteiger partial charge in [0.1, 0.15) is 16.7 Å². The summed E-state index contributed by atoms with van der Waals surface area (Å²) < 4.78 is 4.67. The van der Waals surface area contributed by atoms with E-state index in [0.29, 0.717) is 18.1 Å². The van der Waals surface area contributed by atoms with Crippen molar-refractivity contribution in [3.8, 4) is 0 Å². The molecule has 5 nitrogen and oxygen atoms in total. The number of anilines is 1. The molecular formula is C15H23N3O2S. The van der Waals surface area contributed by atoms with E-state index in [4.69, 9.17) is 0 Å². The van der Waals surface area contributed by atoms with E-state index in [2.05, 4.69) is 26.9 Å². The van der Waals surface area contributed by atoms with Gasteiger partial charge in [0.25, 0.3) is 0 Å². The average molecular weight is 309 g/mol. The minimum atomic E-state index is -0.180. The van der Waals surface area contributed by atoms with Crippen LogP contribution in [0.15, 0.2) is 5.03 Å². The number of nitrogens with zero attached hydrogens (tertiary/aromatic N) is 2. The van der Waals surface area contributed by atoms with Crippen LogP contribution < -0.4 is 5.32 Å². The largest absolute Gasteiger partial charge is 0.469 e. The lowest BCUT2D eigenvalue weighted by Gasteiger charge is -2.13. The maximum atomic E-state index is 11.2. The van der Waals surface area contributed by atoms with E-state index in [1.165, 1.54) is 20.0 Å². The first-order valence-corrected chi connectivity index (χ1v) is 8.46. The van der Waals surface area contributed by atoms with Crippen LogP contribution in [0.25, 0.3) is 0 Å². The monoisotopic (exact) mass is 309 g/mol. The predicted octanol–water partition coefficient (Wildman–Crippen LogP) is 3.14. The minimum Gasteiger partial charge on any atom is -0.469 e. The third-order valence-electron chi connectivity index (χ3n) is 3.38.